The molecule has 1 aliphatic heterocycles. The summed E-state index contributed by atoms with van der Waals surface area (Å²) in [5.41, 5.74) is 0.404. The zero-order chi connectivity index (χ0) is 15.0. The van der Waals surface area contributed by atoms with E-state index in [9.17, 15) is 16.8 Å². The van der Waals surface area contributed by atoms with Crippen molar-refractivity contribution in [3.8, 4) is 0 Å². The highest BCUT2D eigenvalue weighted by Gasteiger charge is 2.28. The van der Waals surface area contributed by atoms with E-state index in [4.69, 9.17) is 15.4 Å². The maximum absolute atomic E-state index is 12.4. The van der Waals surface area contributed by atoms with Crippen molar-refractivity contribution in [2.75, 3.05) is 26.3 Å². The monoisotopic (exact) mass is 339 g/mol. The number of benzene rings is 1. The molecule has 112 valence electrons. The Balaban J connectivity index is 2.47. The SMILES string of the molecule is Cc1ccc(S(=O)(=O)N2CCOCC2)cc1S(=O)(=O)Cl. The summed E-state index contributed by atoms with van der Waals surface area (Å²) in [6, 6.07) is 3.91. The molecule has 0 amide bonds. The fraction of sp³-hybridized carbons (Fsp3) is 0.455. The zero-order valence-electron chi connectivity index (χ0n) is 10.7. The van der Waals surface area contributed by atoms with Gasteiger partial charge >= 0.3 is 0 Å². The van der Waals surface area contributed by atoms with Crippen LogP contribution in [0.25, 0.3) is 0 Å². The number of hydrogen-bond donors (Lipinski definition) is 0. The highest BCUT2D eigenvalue weighted by molar-refractivity contribution is 8.13. The van der Waals surface area contributed by atoms with Crippen LogP contribution in [0.4, 0.5) is 0 Å². The molecule has 1 fully saturated rings. The van der Waals surface area contributed by atoms with Crippen molar-refractivity contribution in [2.45, 2.75) is 16.7 Å². The standard InChI is InChI=1S/C11H14ClNO5S2/c1-9-2-3-10(8-11(9)19(12,14)15)20(16,17)13-4-6-18-7-5-13/h2-3,8H,4-7H2,1H3. The number of nitrogens with zero attached hydrogens (tertiary/aromatic N) is 1. The Morgan fingerprint density at radius 3 is 2.30 bits per heavy atom. The Morgan fingerprint density at radius 1 is 1.15 bits per heavy atom. The third-order valence-corrected chi connectivity index (χ3v) is 6.39. The molecule has 0 saturated carbocycles. The van der Waals surface area contributed by atoms with Gasteiger partial charge in [0.05, 0.1) is 23.0 Å². The summed E-state index contributed by atoms with van der Waals surface area (Å²) in [6.45, 7) is 2.70. The molecule has 0 radical (unpaired) electrons. The van der Waals surface area contributed by atoms with Crippen molar-refractivity contribution >= 4 is 29.8 Å². The smallest absolute Gasteiger partial charge is 0.261 e. The van der Waals surface area contributed by atoms with Gasteiger partial charge in [-0.15, -0.1) is 0 Å². The van der Waals surface area contributed by atoms with Crippen LogP contribution in [0.5, 0.6) is 0 Å². The number of hydrogen-bond acceptors (Lipinski definition) is 5. The molecule has 0 N–H and O–H groups in total. The molecule has 9 heteroatoms. The van der Waals surface area contributed by atoms with Crippen LogP contribution in [0.15, 0.2) is 28.0 Å². The molecule has 1 aromatic rings. The van der Waals surface area contributed by atoms with Gasteiger partial charge in [-0.05, 0) is 24.6 Å². The molecular weight excluding hydrogens is 326 g/mol. The van der Waals surface area contributed by atoms with Gasteiger partial charge in [0.1, 0.15) is 0 Å². The van der Waals surface area contributed by atoms with Crippen molar-refractivity contribution < 1.29 is 21.6 Å². The fourth-order valence-corrected chi connectivity index (χ4v) is 4.67. The molecule has 1 saturated heterocycles. The third kappa shape index (κ3) is 3.15. The highest BCUT2D eigenvalue weighted by Crippen LogP contribution is 2.25. The topological polar surface area (TPSA) is 80.8 Å². The maximum Gasteiger partial charge on any atom is 0.261 e. The van der Waals surface area contributed by atoms with Crippen molar-refractivity contribution in [2.24, 2.45) is 0 Å². The largest absolute Gasteiger partial charge is 0.379 e. The van der Waals surface area contributed by atoms with Gasteiger partial charge in [0.2, 0.25) is 10.0 Å². The van der Waals surface area contributed by atoms with E-state index in [1.165, 1.54) is 16.4 Å². The molecule has 1 heterocycles. The third-order valence-electron chi connectivity index (χ3n) is 3.03. The number of rotatable bonds is 3. The Hall–Kier alpha value is -0.670. The van der Waals surface area contributed by atoms with Crippen LogP contribution in [-0.2, 0) is 23.8 Å². The van der Waals surface area contributed by atoms with Crippen LogP contribution in [0.3, 0.4) is 0 Å². The summed E-state index contributed by atoms with van der Waals surface area (Å²) in [7, 11) is -2.40. The maximum atomic E-state index is 12.4. The van der Waals surface area contributed by atoms with Crippen LogP contribution in [-0.4, -0.2) is 47.4 Å². The summed E-state index contributed by atoms with van der Waals surface area (Å²) in [5.74, 6) is 0. The van der Waals surface area contributed by atoms with Crippen LogP contribution in [0.2, 0.25) is 0 Å². The minimum Gasteiger partial charge on any atom is -0.379 e. The van der Waals surface area contributed by atoms with Gasteiger partial charge < -0.3 is 4.74 Å². The average Bonchev–Trinajstić information content (AvgIpc) is 2.38. The molecule has 20 heavy (non-hydrogen) atoms. The van der Waals surface area contributed by atoms with E-state index in [1.807, 2.05) is 0 Å². The zero-order valence-corrected chi connectivity index (χ0v) is 13.1. The van der Waals surface area contributed by atoms with Crippen LogP contribution in [0.1, 0.15) is 5.56 Å². The minimum atomic E-state index is -3.98. The molecule has 0 aromatic heterocycles. The van der Waals surface area contributed by atoms with E-state index >= 15 is 0 Å². The first kappa shape index (κ1) is 15.7. The number of morpholine rings is 1. The first-order valence-electron chi connectivity index (χ1n) is 5.86. The lowest BCUT2D eigenvalue weighted by atomic mass is 10.2. The van der Waals surface area contributed by atoms with Crippen molar-refractivity contribution in [1.29, 1.82) is 0 Å². The molecule has 0 spiro atoms. The van der Waals surface area contributed by atoms with Gasteiger partial charge in [0.15, 0.2) is 0 Å². The fourth-order valence-electron chi connectivity index (χ4n) is 1.94. The molecule has 2 rings (SSSR count). The molecule has 0 unspecified atom stereocenters. The van der Waals surface area contributed by atoms with E-state index in [2.05, 4.69) is 0 Å². The summed E-state index contributed by atoms with van der Waals surface area (Å²) < 4.78 is 54.1. The lowest BCUT2D eigenvalue weighted by molar-refractivity contribution is 0.0730. The Morgan fingerprint density at radius 2 is 1.75 bits per heavy atom. The minimum absolute atomic E-state index is 0.0794. The number of halogens is 1. The number of aryl methyl sites for hydroxylation is 1. The van der Waals surface area contributed by atoms with Gasteiger partial charge in [-0.3, -0.25) is 0 Å². The predicted molar refractivity (Wildman–Crippen MR) is 73.8 cm³/mol. The average molecular weight is 340 g/mol. The predicted octanol–water partition coefficient (Wildman–Crippen LogP) is 0.943. The van der Waals surface area contributed by atoms with E-state index < -0.39 is 19.1 Å². The molecule has 1 aromatic carbocycles. The van der Waals surface area contributed by atoms with Crippen LogP contribution >= 0.6 is 10.7 Å². The first-order chi connectivity index (χ1) is 9.23. The Labute approximate surface area is 122 Å². The molecule has 6 nitrogen and oxygen atoms in total. The summed E-state index contributed by atoms with van der Waals surface area (Å²) in [6.07, 6.45) is 0. The second-order valence-corrected chi connectivity index (χ2v) is 8.85. The van der Waals surface area contributed by atoms with Crippen molar-refractivity contribution in [3.05, 3.63) is 23.8 Å². The van der Waals surface area contributed by atoms with Crippen LogP contribution in [0, 0.1) is 6.92 Å². The highest BCUT2D eigenvalue weighted by atomic mass is 35.7. The van der Waals surface area contributed by atoms with Crippen molar-refractivity contribution in [1.82, 2.24) is 4.31 Å². The van der Waals surface area contributed by atoms with E-state index in [0.717, 1.165) is 6.07 Å². The summed E-state index contributed by atoms with van der Waals surface area (Å²) >= 11 is 0. The van der Waals surface area contributed by atoms with Gasteiger partial charge in [-0.25, -0.2) is 16.8 Å². The Kier molecular flexibility index (Phi) is 4.41. The first-order valence-corrected chi connectivity index (χ1v) is 9.61. The Bertz CT molecular complexity index is 708. The molecule has 0 atom stereocenters. The van der Waals surface area contributed by atoms with Crippen molar-refractivity contribution in [3.63, 3.8) is 0 Å². The van der Waals surface area contributed by atoms with E-state index in [-0.39, 0.29) is 22.9 Å². The van der Waals surface area contributed by atoms with Gasteiger partial charge in [0, 0.05) is 23.8 Å². The van der Waals surface area contributed by atoms with Gasteiger partial charge in [-0.1, -0.05) is 6.07 Å². The number of sulfonamides is 1. The molecule has 0 bridgehead atoms. The van der Waals surface area contributed by atoms with Gasteiger partial charge in [-0.2, -0.15) is 4.31 Å². The normalized spacial score (nSPS) is 18.1. The summed E-state index contributed by atoms with van der Waals surface area (Å²) in [4.78, 5) is -0.266. The second kappa shape index (κ2) is 5.61. The van der Waals surface area contributed by atoms with E-state index in [1.54, 1.807) is 6.92 Å². The second-order valence-electron chi connectivity index (χ2n) is 4.38. The van der Waals surface area contributed by atoms with Gasteiger partial charge in [0.25, 0.3) is 9.05 Å². The quantitative estimate of drug-likeness (QED) is 0.766. The molecular formula is C11H14ClNO5S2. The van der Waals surface area contributed by atoms with Crippen LogP contribution < -0.4 is 0 Å². The van der Waals surface area contributed by atoms with E-state index in [0.29, 0.717) is 18.8 Å². The lowest BCUT2D eigenvalue weighted by Crippen LogP contribution is -2.40. The number of ether oxygens (including phenoxy) is 1. The summed E-state index contributed by atoms with van der Waals surface area (Å²) in [5, 5.41) is 0. The molecule has 0 aliphatic carbocycles. The molecule has 1 aliphatic rings. The lowest BCUT2D eigenvalue weighted by Gasteiger charge is -2.26.